The highest BCUT2D eigenvalue weighted by atomic mass is 19.1. The van der Waals surface area contributed by atoms with Crippen LogP contribution in [0.25, 0.3) is 10.9 Å². The Morgan fingerprint density at radius 2 is 1.77 bits per heavy atom. The molecule has 3 amide bonds. The van der Waals surface area contributed by atoms with Gasteiger partial charge in [-0.2, -0.15) is 5.10 Å². The highest BCUT2D eigenvalue weighted by Crippen LogP contribution is 2.32. The van der Waals surface area contributed by atoms with E-state index in [4.69, 9.17) is 4.74 Å². The molecule has 0 radical (unpaired) electrons. The van der Waals surface area contributed by atoms with E-state index in [0.29, 0.717) is 28.8 Å². The van der Waals surface area contributed by atoms with Gasteiger partial charge in [0.25, 0.3) is 0 Å². The SMILES string of the molecule is C[C@H]1CN(C(=O)C(=O)Nc2cncc3c2cnn3C2CCCCO2)[C@H](c2ccc(F)cc2)CN1C(=O)C(C)(C)C. The van der Waals surface area contributed by atoms with Gasteiger partial charge >= 0.3 is 11.8 Å². The van der Waals surface area contributed by atoms with Crippen LogP contribution in [-0.2, 0) is 19.1 Å². The van der Waals surface area contributed by atoms with Crippen molar-refractivity contribution in [3.05, 3.63) is 54.2 Å². The van der Waals surface area contributed by atoms with Crippen molar-refractivity contribution in [1.82, 2.24) is 24.6 Å². The molecule has 2 aliphatic heterocycles. The van der Waals surface area contributed by atoms with Crippen molar-refractivity contribution in [3.63, 3.8) is 0 Å². The van der Waals surface area contributed by atoms with Crippen LogP contribution < -0.4 is 5.32 Å². The highest BCUT2D eigenvalue weighted by molar-refractivity contribution is 6.40. The number of ether oxygens (including phenoxy) is 1. The molecule has 2 saturated heterocycles. The zero-order chi connectivity index (χ0) is 28.6. The Hall–Kier alpha value is -3.86. The average molecular weight is 551 g/mol. The lowest BCUT2D eigenvalue weighted by molar-refractivity contribution is -0.154. The van der Waals surface area contributed by atoms with E-state index in [-0.39, 0.29) is 31.3 Å². The first-order chi connectivity index (χ1) is 19.0. The van der Waals surface area contributed by atoms with E-state index >= 15 is 0 Å². The molecule has 3 aromatic rings. The summed E-state index contributed by atoms with van der Waals surface area (Å²) in [6, 6.07) is 4.85. The number of anilines is 1. The summed E-state index contributed by atoms with van der Waals surface area (Å²) in [6.07, 6.45) is 7.45. The number of piperazine rings is 1. The number of pyridine rings is 1. The van der Waals surface area contributed by atoms with Crippen molar-refractivity contribution in [1.29, 1.82) is 0 Å². The van der Waals surface area contributed by atoms with Crippen molar-refractivity contribution < 1.29 is 23.5 Å². The topological polar surface area (TPSA) is 110 Å². The first-order valence-electron chi connectivity index (χ1n) is 13.7. The molecule has 10 nitrogen and oxygen atoms in total. The summed E-state index contributed by atoms with van der Waals surface area (Å²) in [7, 11) is 0. The van der Waals surface area contributed by atoms with E-state index in [2.05, 4.69) is 15.4 Å². The number of carbonyl (C=O) groups excluding carboxylic acids is 3. The molecular weight excluding hydrogens is 515 g/mol. The highest BCUT2D eigenvalue weighted by Gasteiger charge is 2.42. The maximum absolute atomic E-state index is 13.7. The molecule has 0 spiro atoms. The monoisotopic (exact) mass is 550 g/mol. The zero-order valence-corrected chi connectivity index (χ0v) is 23.3. The van der Waals surface area contributed by atoms with Gasteiger partial charge in [-0.15, -0.1) is 0 Å². The molecule has 2 aliphatic rings. The van der Waals surface area contributed by atoms with E-state index in [1.807, 2.05) is 27.7 Å². The van der Waals surface area contributed by atoms with Gasteiger partial charge in [-0.05, 0) is 43.9 Å². The standard InChI is InChI=1S/C29H35FN6O4/c1-18-16-35(24(19-8-10-20(30)11-9-19)17-34(18)28(39)29(2,3)4)27(38)26(37)33-22-14-31-15-23-21(22)13-32-36(23)25-7-5-6-12-40-25/h8-11,13-15,18,24-25H,5-7,12,16-17H2,1-4H3,(H,33,37)/t18-,24-,25?/m0/s1. The van der Waals surface area contributed by atoms with E-state index in [9.17, 15) is 18.8 Å². The number of hydrogen-bond acceptors (Lipinski definition) is 6. The van der Waals surface area contributed by atoms with Crippen LogP contribution in [0.4, 0.5) is 10.1 Å². The van der Waals surface area contributed by atoms with Gasteiger partial charge in [0.05, 0.1) is 35.8 Å². The third-order valence-corrected chi connectivity index (χ3v) is 7.55. The quantitative estimate of drug-likeness (QED) is 0.493. The summed E-state index contributed by atoms with van der Waals surface area (Å²) in [5.41, 5.74) is 1.08. The fraction of sp³-hybridized carbons (Fsp3) is 0.483. The smallest absolute Gasteiger partial charge is 0.313 e. The average Bonchev–Trinajstić information content (AvgIpc) is 3.38. The van der Waals surface area contributed by atoms with E-state index in [1.54, 1.807) is 34.1 Å². The summed E-state index contributed by atoms with van der Waals surface area (Å²) in [5, 5.41) is 7.84. The second-order valence-electron chi connectivity index (χ2n) is 11.6. The summed E-state index contributed by atoms with van der Waals surface area (Å²) in [6.45, 7) is 8.38. The Kier molecular flexibility index (Phi) is 7.59. The maximum atomic E-state index is 13.7. The van der Waals surface area contributed by atoms with Crippen LogP contribution in [0.5, 0.6) is 0 Å². The van der Waals surface area contributed by atoms with Crippen molar-refractivity contribution in [2.45, 2.75) is 65.3 Å². The van der Waals surface area contributed by atoms with Crippen molar-refractivity contribution in [3.8, 4) is 0 Å². The number of rotatable bonds is 3. The van der Waals surface area contributed by atoms with Crippen molar-refractivity contribution in [2.75, 3.05) is 25.0 Å². The minimum Gasteiger partial charge on any atom is -0.356 e. The molecular formula is C29H35FN6O4. The largest absolute Gasteiger partial charge is 0.356 e. The van der Waals surface area contributed by atoms with Gasteiger partial charge in [-0.25, -0.2) is 9.07 Å². The van der Waals surface area contributed by atoms with Gasteiger partial charge in [-0.3, -0.25) is 19.4 Å². The van der Waals surface area contributed by atoms with Gasteiger partial charge in [0.2, 0.25) is 5.91 Å². The fourth-order valence-corrected chi connectivity index (χ4v) is 5.40. The lowest BCUT2D eigenvalue weighted by Gasteiger charge is -2.46. The molecule has 212 valence electrons. The van der Waals surface area contributed by atoms with Gasteiger partial charge < -0.3 is 19.9 Å². The molecule has 0 bridgehead atoms. The normalized spacial score (nSPS) is 21.9. The Morgan fingerprint density at radius 1 is 1.02 bits per heavy atom. The summed E-state index contributed by atoms with van der Waals surface area (Å²) in [5.74, 6) is -2.04. The lowest BCUT2D eigenvalue weighted by atomic mass is 9.91. The molecule has 11 heteroatoms. The number of benzene rings is 1. The molecule has 4 heterocycles. The molecule has 5 rings (SSSR count). The zero-order valence-electron chi connectivity index (χ0n) is 23.3. The molecule has 2 aromatic heterocycles. The third-order valence-electron chi connectivity index (χ3n) is 7.55. The number of amides is 3. The Balaban J connectivity index is 1.40. The Morgan fingerprint density at radius 3 is 2.45 bits per heavy atom. The first kappa shape index (κ1) is 27.7. The van der Waals surface area contributed by atoms with E-state index in [0.717, 1.165) is 19.3 Å². The number of halogens is 1. The lowest BCUT2D eigenvalue weighted by Crippen LogP contribution is -2.60. The molecule has 3 atom stereocenters. The molecule has 1 unspecified atom stereocenters. The number of fused-ring (bicyclic) bond motifs is 1. The van der Waals surface area contributed by atoms with Gasteiger partial charge in [0, 0.05) is 36.5 Å². The molecule has 0 saturated carbocycles. The minimum absolute atomic E-state index is 0.0552. The second kappa shape index (κ2) is 11.0. The van der Waals surface area contributed by atoms with Crippen molar-refractivity contribution in [2.24, 2.45) is 5.41 Å². The fourth-order valence-electron chi connectivity index (χ4n) is 5.40. The number of hydrogen-bond donors (Lipinski definition) is 1. The predicted octanol–water partition coefficient (Wildman–Crippen LogP) is 4.05. The minimum atomic E-state index is -0.828. The molecule has 1 aromatic carbocycles. The van der Waals surface area contributed by atoms with Crippen molar-refractivity contribution >= 4 is 34.3 Å². The van der Waals surface area contributed by atoms with Gasteiger partial charge in [0.15, 0.2) is 6.23 Å². The Labute approximate surface area is 232 Å². The summed E-state index contributed by atoms with van der Waals surface area (Å²) >= 11 is 0. The number of carbonyl (C=O) groups is 3. The Bertz CT molecular complexity index is 1410. The van der Waals surface area contributed by atoms with Crippen LogP contribution in [-0.4, -0.2) is 68.0 Å². The van der Waals surface area contributed by atoms with Crippen LogP contribution in [0.3, 0.4) is 0 Å². The van der Waals surface area contributed by atoms with E-state index < -0.39 is 29.1 Å². The molecule has 2 fully saturated rings. The van der Waals surface area contributed by atoms with Gasteiger partial charge in [0.1, 0.15) is 5.82 Å². The number of aromatic nitrogens is 3. The van der Waals surface area contributed by atoms with Crippen LogP contribution in [0.2, 0.25) is 0 Å². The van der Waals surface area contributed by atoms with Crippen LogP contribution in [0.15, 0.2) is 42.9 Å². The third kappa shape index (κ3) is 5.42. The van der Waals surface area contributed by atoms with Crippen LogP contribution in [0, 0.1) is 11.2 Å². The van der Waals surface area contributed by atoms with E-state index in [1.165, 1.54) is 23.2 Å². The summed E-state index contributed by atoms with van der Waals surface area (Å²) < 4.78 is 21.3. The molecule has 0 aliphatic carbocycles. The predicted molar refractivity (Wildman–Crippen MR) is 146 cm³/mol. The summed E-state index contributed by atoms with van der Waals surface area (Å²) in [4.78, 5) is 47.7. The second-order valence-corrected chi connectivity index (χ2v) is 11.6. The molecule has 40 heavy (non-hydrogen) atoms. The first-order valence-corrected chi connectivity index (χ1v) is 13.7. The number of nitrogens with one attached hydrogen (secondary N) is 1. The number of nitrogens with zero attached hydrogens (tertiary/aromatic N) is 5. The molecule has 1 N–H and O–H groups in total. The van der Waals surface area contributed by atoms with Crippen LogP contribution >= 0.6 is 0 Å². The van der Waals surface area contributed by atoms with Crippen LogP contribution in [0.1, 0.15) is 64.8 Å². The van der Waals surface area contributed by atoms with Gasteiger partial charge in [-0.1, -0.05) is 32.9 Å². The maximum Gasteiger partial charge on any atom is 0.313 e.